The first-order chi connectivity index (χ1) is 8.24. The molecule has 1 rings (SSSR count). The lowest BCUT2D eigenvalue weighted by molar-refractivity contribution is -0.131. The summed E-state index contributed by atoms with van der Waals surface area (Å²) in [6, 6.07) is 0. The van der Waals surface area contributed by atoms with Crippen molar-refractivity contribution in [2.75, 3.05) is 46.5 Å². The number of nitrogens with one attached hydrogen (secondary N) is 1. The van der Waals surface area contributed by atoms with Crippen molar-refractivity contribution < 1.29 is 14.6 Å². The van der Waals surface area contributed by atoms with E-state index in [-0.39, 0.29) is 12.5 Å². The van der Waals surface area contributed by atoms with E-state index in [4.69, 9.17) is 9.84 Å². The Hall–Kier alpha value is -0.650. The molecule has 1 fully saturated rings. The highest BCUT2D eigenvalue weighted by atomic mass is 16.5. The van der Waals surface area contributed by atoms with Crippen molar-refractivity contribution in [3.05, 3.63) is 0 Å². The number of rotatable bonds is 7. The lowest BCUT2D eigenvalue weighted by Gasteiger charge is -2.24. The second-order valence-corrected chi connectivity index (χ2v) is 4.55. The van der Waals surface area contributed by atoms with Gasteiger partial charge in [-0.05, 0) is 31.8 Å². The first-order valence-corrected chi connectivity index (χ1v) is 6.37. The molecule has 0 radical (unpaired) electrons. The second-order valence-electron chi connectivity index (χ2n) is 4.55. The lowest BCUT2D eigenvalue weighted by atomic mass is 9.94. The van der Waals surface area contributed by atoms with E-state index in [0.29, 0.717) is 32.1 Å². The van der Waals surface area contributed by atoms with Gasteiger partial charge in [0.1, 0.15) is 0 Å². The molecule has 0 aromatic rings. The molecule has 17 heavy (non-hydrogen) atoms. The highest BCUT2D eigenvalue weighted by molar-refractivity contribution is 5.76. The van der Waals surface area contributed by atoms with Gasteiger partial charge in [0.15, 0.2) is 0 Å². The van der Waals surface area contributed by atoms with Crippen molar-refractivity contribution in [1.82, 2.24) is 10.2 Å². The van der Waals surface area contributed by atoms with Crippen molar-refractivity contribution in [2.24, 2.45) is 5.92 Å². The molecule has 2 N–H and O–H groups in total. The third-order valence-electron chi connectivity index (χ3n) is 3.15. The maximum Gasteiger partial charge on any atom is 0.222 e. The van der Waals surface area contributed by atoms with Gasteiger partial charge in [-0.3, -0.25) is 4.79 Å². The van der Waals surface area contributed by atoms with E-state index in [0.717, 1.165) is 25.9 Å². The molecule has 5 nitrogen and oxygen atoms in total. The van der Waals surface area contributed by atoms with Gasteiger partial charge in [-0.1, -0.05) is 0 Å². The van der Waals surface area contributed by atoms with Crippen LogP contribution in [0.5, 0.6) is 0 Å². The normalized spacial score (nSPS) is 17.1. The van der Waals surface area contributed by atoms with E-state index in [1.165, 1.54) is 0 Å². The van der Waals surface area contributed by atoms with Crippen LogP contribution in [0.15, 0.2) is 0 Å². The number of ether oxygens (including phenoxy) is 1. The summed E-state index contributed by atoms with van der Waals surface area (Å²) in [6.45, 7) is 3.53. The summed E-state index contributed by atoms with van der Waals surface area (Å²) in [7, 11) is 1.81. The zero-order valence-corrected chi connectivity index (χ0v) is 10.7. The number of hydrogen-bond acceptors (Lipinski definition) is 4. The van der Waals surface area contributed by atoms with Gasteiger partial charge in [0.2, 0.25) is 5.91 Å². The van der Waals surface area contributed by atoms with E-state index >= 15 is 0 Å². The number of carbonyl (C=O) groups is 1. The van der Waals surface area contributed by atoms with Gasteiger partial charge in [0, 0.05) is 20.0 Å². The minimum absolute atomic E-state index is 0.0345. The summed E-state index contributed by atoms with van der Waals surface area (Å²) in [5, 5.41) is 11.8. The third kappa shape index (κ3) is 6.00. The molecular weight excluding hydrogens is 220 g/mol. The number of amides is 1. The highest BCUT2D eigenvalue weighted by Gasteiger charge is 2.18. The number of aliphatic hydroxyl groups is 1. The van der Waals surface area contributed by atoms with Crippen LogP contribution in [0.3, 0.4) is 0 Å². The van der Waals surface area contributed by atoms with Crippen molar-refractivity contribution in [1.29, 1.82) is 0 Å². The van der Waals surface area contributed by atoms with Crippen LogP contribution in [0.25, 0.3) is 0 Å². The Bertz CT molecular complexity index is 218. The van der Waals surface area contributed by atoms with Gasteiger partial charge >= 0.3 is 0 Å². The van der Waals surface area contributed by atoms with Gasteiger partial charge in [-0.15, -0.1) is 0 Å². The van der Waals surface area contributed by atoms with E-state index < -0.39 is 0 Å². The molecule has 100 valence electrons. The number of hydrogen-bond donors (Lipinski definition) is 2. The predicted molar refractivity (Wildman–Crippen MR) is 65.8 cm³/mol. The molecule has 0 aromatic carbocycles. The second kappa shape index (κ2) is 8.44. The van der Waals surface area contributed by atoms with E-state index in [2.05, 4.69) is 5.32 Å². The Morgan fingerprint density at radius 2 is 2.12 bits per heavy atom. The Balaban J connectivity index is 2.12. The van der Waals surface area contributed by atoms with Crippen LogP contribution in [0.2, 0.25) is 0 Å². The Labute approximate surface area is 103 Å². The number of aliphatic hydroxyl groups excluding tert-OH is 1. The zero-order chi connectivity index (χ0) is 12.5. The Morgan fingerprint density at radius 1 is 1.41 bits per heavy atom. The molecule has 0 spiro atoms. The highest BCUT2D eigenvalue weighted by Crippen LogP contribution is 2.16. The topological polar surface area (TPSA) is 61.8 Å². The first-order valence-electron chi connectivity index (χ1n) is 6.37. The molecular formula is C12H24N2O3. The smallest absolute Gasteiger partial charge is 0.222 e. The van der Waals surface area contributed by atoms with Gasteiger partial charge in [0.05, 0.1) is 19.8 Å². The van der Waals surface area contributed by atoms with E-state index in [1.807, 2.05) is 7.05 Å². The predicted octanol–water partition coefficient (Wildman–Crippen LogP) is -0.157. The summed E-state index contributed by atoms with van der Waals surface area (Å²) in [4.78, 5) is 13.6. The molecule has 1 amide bonds. The summed E-state index contributed by atoms with van der Waals surface area (Å²) < 4.78 is 5.14. The van der Waals surface area contributed by atoms with Gasteiger partial charge < -0.3 is 20.1 Å². The SMILES string of the molecule is CN(CCOCCO)C(=O)CC1CCNCC1. The van der Waals surface area contributed by atoms with Crippen LogP contribution in [0.1, 0.15) is 19.3 Å². The van der Waals surface area contributed by atoms with E-state index in [9.17, 15) is 4.79 Å². The molecule has 0 bridgehead atoms. The molecule has 0 saturated carbocycles. The minimum Gasteiger partial charge on any atom is -0.394 e. The third-order valence-corrected chi connectivity index (χ3v) is 3.15. The van der Waals surface area contributed by atoms with Gasteiger partial charge in [-0.2, -0.15) is 0 Å². The summed E-state index contributed by atoms with van der Waals surface area (Å²) >= 11 is 0. The van der Waals surface area contributed by atoms with E-state index in [1.54, 1.807) is 4.90 Å². The maximum absolute atomic E-state index is 11.9. The van der Waals surface area contributed by atoms with Crippen molar-refractivity contribution in [3.63, 3.8) is 0 Å². The fourth-order valence-corrected chi connectivity index (χ4v) is 1.98. The average Bonchev–Trinajstić information content (AvgIpc) is 2.35. The van der Waals surface area contributed by atoms with Crippen LogP contribution in [0, 0.1) is 5.92 Å². The first kappa shape index (κ1) is 14.4. The fourth-order valence-electron chi connectivity index (χ4n) is 1.98. The standard InChI is InChI=1S/C12H24N2O3/c1-14(6-8-17-9-7-15)12(16)10-11-2-4-13-5-3-11/h11,13,15H,2-10H2,1H3. The lowest BCUT2D eigenvalue weighted by Crippen LogP contribution is -2.34. The number of carbonyl (C=O) groups excluding carboxylic acids is 1. The molecule has 1 saturated heterocycles. The van der Waals surface area contributed by atoms with Crippen molar-refractivity contribution in [3.8, 4) is 0 Å². The molecule has 1 aliphatic heterocycles. The Morgan fingerprint density at radius 3 is 2.76 bits per heavy atom. The van der Waals surface area contributed by atoms with Gasteiger partial charge in [-0.25, -0.2) is 0 Å². The van der Waals surface area contributed by atoms with Gasteiger partial charge in [0.25, 0.3) is 0 Å². The van der Waals surface area contributed by atoms with Crippen LogP contribution < -0.4 is 5.32 Å². The van der Waals surface area contributed by atoms with Crippen LogP contribution >= 0.6 is 0 Å². The largest absolute Gasteiger partial charge is 0.394 e. The molecule has 1 aliphatic rings. The number of likely N-dealkylation sites (N-methyl/N-ethyl adjacent to an activating group) is 1. The zero-order valence-electron chi connectivity index (χ0n) is 10.7. The molecule has 5 heteroatoms. The van der Waals surface area contributed by atoms with Crippen LogP contribution in [-0.4, -0.2) is 62.4 Å². The fraction of sp³-hybridized carbons (Fsp3) is 0.917. The molecule has 0 aliphatic carbocycles. The van der Waals surface area contributed by atoms with Crippen LogP contribution in [0.4, 0.5) is 0 Å². The number of piperidine rings is 1. The van der Waals surface area contributed by atoms with Crippen molar-refractivity contribution >= 4 is 5.91 Å². The van der Waals surface area contributed by atoms with Crippen molar-refractivity contribution in [2.45, 2.75) is 19.3 Å². The molecule has 0 aromatic heterocycles. The average molecular weight is 244 g/mol. The molecule has 0 unspecified atom stereocenters. The van der Waals surface area contributed by atoms with Crippen LogP contribution in [-0.2, 0) is 9.53 Å². The molecule has 1 heterocycles. The number of nitrogens with zero attached hydrogens (tertiary/aromatic N) is 1. The monoisotopic (exact) mass is 244 g/mol. The summed E-state index contributed by atoms with van der Waals surface area (Å²) in [5.74, 6) is 0.731. The minimum atomic E-state index is 0.0345. The summed E-state index contributed by atoms with van der Waals surface area (Å²) in [5.41, 5.74) is 0. The maximum atomic E-state index is 11.9. The quantitative estimate of drug-likeness (QED) is 0.611. The molecule has 0 atom stereocenters. The summed E-state index contributed by atoms with van der Waals surface area (Å²) in [6.07, 6.45) is 2.85. The Kier molecular flexibility index (Phi) is 7.16.